The molecule has 0 aliphatic heterocycles. The minimum atomic E-state index is -0.531. The van der Waals surface area contributed by atoms with Crippen molar-refractivity contribution < 1.29 is 13.6 Å². The number of amides is 1. The van der Waals surface area contributed by atoms with Gasteiger partial charge >= 0.3 is 0 Å². The van der Waals surface area contributed by atoms with E-state index >= 15 is 0 Å². The molecule has 0 atom stereocenters. The molecule has 0 unspecified atom stereocenters. The molecule has 5 aromatic rings. The van der Waals surface area contributed by atoms with Crippen molar-refractivity contribution in [1.82, 2.24) is 4.98 Å². The second-order valence-corrected chi connectivity index (χ2v) is 6.46. The second kappa shape index (κ2) is 6.76. The maximum Gasteiger partial charge on any atom is 0.291 e. The molecule has 0 saturated carbocycles. The lowest BCUT2D eigenvalue weighted by molar-refractivity contribution is 0.0997. The van der Waals surface area contributed by atoms with Crippen molar-refractivity contribution in [2.24, 2.45) is 0 Å². The van der Waals surface area contributed by atoms with E-state index in [1.807, 2.05) is 30.3 Å². The van der Waals surface area contributed by atoms with E-state index in [4.69, 9.17) is 8.83 Å². The maximum atomic E-state index is 12.8. The van der Waals surface area contributed by atoms with E-state index in [9.17, 15) is 9.59 Å². The van der Waals surface area contributed by atoms with Crippen LogP contribution >= 0.6 is 0 Å². The quantitative estimate of drug-likeness (QED) is 0.482. The number of hydrogen-bond donors (Lipinski definition) is 1. The molecule has 29 heavy (non-hydrogen) atoms. The van der Waals surface area contributed by atoms with Crippen molar-refractivity contribution in [2.75, 3.05) is 5.32 Å². The number of anilines is 1. The van der Waals surface area contributed by atoms with Gasteiger partial charge in [-0.1, -0.05) is 36.4 Å². The van der Waals surface area contributed by atoms with Gasteiger partial charge in [-0.3, -0.25) is 9.59 Å². The number of nitrogens with one attached hydrogen (secondary N) is 1. The van der Waals surface area contributed by atoms with Crippen molar-refractivity contribution in [2.45, 2.75) is 0 Å². The van der Waals surface area contributed by atoms with Crippen molar-refractivity contribution in [3.05, 3.63) is 94.8 Å². The molecule has 2 heterocycles. The zero-order valence-corrected chi connectivity index (χ0v) is 15.1. The Morgan fingerprint density at radius 2 is 1.55 bits per heavy atom. The average Bonchev–Trinajstić information content (AvgIpc) is 3.18. The molecule has 1 N–H and O–H groups in total. The Morgan fingerprint density at radius 3 is 2.41 bits per heavy atom. The Balaban J connectivity index is 1.53. The molecule has 0 spiro atoms. The van der Waals surface area contributed by atoms with Crippen LogP contribution < -0.4 is 10.7 Å². The summed E-state index contributed by atoms with van der Waals surface area (Å²) in [6.45, 7) is 0. The minimum Gasteiger partial charge on any atom is -0.451 e. The Morgan fingerprint density at radius 1 is 0.828 bits per heavy atom. The monoisotopic (exact) mass is 382 g/mol. The summed E-state index contributed by atoms with van der Waals surface area (Å²) in [7, 11) is 0. The lowest BCUT2D eigenvalue weighted by Gasteiger charge is -2.08. The van der Waals surface area contributed by atoms with Gasteiger partial charge in [0, 0.05) is 6.07 Å². The number of aromatic nitrogens is 1. The van der Waals surface area contributed by atoms with E-state index < -0.39 is 5.91 Å². The number of nitrogens with zero attached hydrogens (tertiary/aromatic N) is 1. The summed E-state index contributed by atoms with van der Waals surface area (Å²) < 4.78 is 11.4. The van der Waals surface area contributed by atoms with Crippen molar-refractivity contribution in [3.8, 4) is 11.5 Å². The number of para-hydroxylation sites is 4. The number of carbonyl (C=O) groups excluding carboxylic acids is 1. The lowest BCUT2D eigenvalue weighted by Crippen LogP contribution is -2.15. The fourth-order valence-corrected chi connectivity index (χ4v) is 3.17. The van der Waals surface area contributed by atoms with Gasteiger partial charge in [0.1, 0.15) is 11.1 Å². The van der Waals surface area contributed by atoms with Crippen LogP contribution in [0.15, 0.2) is 92.5 Å². The molecule has 1 amide bonds. The van der Waals surface area contributed by atoms with E-state index in [1.54, 1.807) is 42.5 Å². The van der Waals surface area contributed by atoms with Crippen LogP contribution in [0.1, 0.15) is 10.6 Å². The summed E-state index contributed by atoms with van der Waals surface area (Å²) in [6, 6.07) is 22.6. The summed E-state index contributed by atoms with van der Waals surface area (Å²) in [6.07, 6.45) is 0. The lowest BCUT2D eigenvalue weighted by atomic mass is 10.1. The predicted octanol–water partition coefficient (Wildman–Crippen LogP) is 4.85. The van der Waals surface area contributed by atoms with Crippen LogP contribution in [-0.2, 0) is 0 Å². The molecule has 0 aliphatic carbocycles. The average molecular weight is 382 g/mol. The van der Waals surface area contributed by atoms with E-state index in [0.717, 1.165) is 5.52 Å². The third kappa shape index (κ3) is 3.06. The molecule has 6 heteroatoms. The summed E-state index contributed by atoms with van der Waals surface area (Å²) in [5.41, 5.74) is 2.59. The van der Waals surface area contributed by atoms with Crippen LogP contribution in [0, 0.1) is 0 Å². The number of benzene rings is 3. The summed E-state index contributed by atoms with van der Waals surface area (Å²) in [5, 5.41) is 3.22. The van der Waals surface area contributed by atoms with Crippen molar-refractivity contribution in [1.29, 1.82) is 0 Å². The molecule has 140 valence electrons. The van der Waals surface area contributed by atoms with Crippen LogP contribution in [0.5, 0.6) is 0 Å². The third-order valence-electron chi connectivity index (χ3n) is 4.56. The minimum absolute atomic E-state index is 0.0685. The first-order valence-corrected chi connectivity index (χ1v) is 8.98. The maximum absolute atomic E-state index is 12.8. The SMILES string of the molecule is O=C(Nc1ccccc1-c1nc2ccccc2o1)c1cc(=O)c2ccccc2o1. The van der Waals surface area contributed by atoms with Crippen LogP contribution in [-0.4, -0.2) is 10.9 Å². The molecular weight excluding hydrogens is 368 g/mol. The number of fused-ring (bicyclic) bond motifs is 2. The van der Waals surface area contributed by atoms with Gasteiger partial charge in [0.05, 0.1) is 16.6 Å². The van der Waals surface area contributed by atoms with Gasteiger partial charge in [0.2, 0.25) is 5.89 Å². The van der Waals surface area contributed by atoms with Gasteiger partial charge in [-0.25, -0.2) is 4.98 Å². The molecule has 0 fully saturated rings. The zero-order chi connectivity index (χ0) is 19.8. The van der Waals surface area contributed by atoms with Gasteiger partial charge in [-0.15, -0.1) is 0 Å². The molecule has 0 aliphatic rings. The highest BCUT2D eigenvalue weighted by Crippen LogP contribution is 2.30. The van der Waals surface area contributed by atoms with E-state index in [1.165, 1.54) is 6.07 Å². The first-order chi connectivity index (χ1) is 14.2. The van der Waals surface area contributed by atoms with Crippen LogP contribution in [0.25, 0.3) is 33.5 Å². The zero-order valence-electron chi connectivity index (χ0n) is 15.1. The van der Waals surface area contributed by atoms with E-state index in [0.29, 0.717) is 33.7 Å². The fourth-order valence-electron chi connectivity index (χ4n) is 3.17. The van der Waals surface area contributed by atoms with E-state index in [-0.39, 0.29) is 11.2 Å². The molecule has 0 saturated heterocycles. The Labute approximate surface area is 164 Å². The highest BCUT2D eigenvalue weighted by atomic mass is 16.4. The highest BCUT2D eigenvalue weighted by Gasteiger charge is 2.17. The van der Waals surface area contributed by atoms with Gasteiger partial charge in [0.15, 0.2) is 16.8 Å². The first-order valence-electron chi connectivity index (χ1n) is 8.98. The molecular formula is C23H14N2O4. The number of carbonyl (C=O) groups is 1. The van der Waals surface area contributed by atoms with Crippen molar-refractivity contribution in [3.63, 3.8) is 0 Å². The van der Waals surface area contributed by atoms with Gasteiger partial charge in [-0.05, 0) is 36.4 Å². The van der Waals surface area contributed by atoms with Gasteiger partial charge < -0.3 is 14.2 Å². The molecule has 3 aromatic carbocycles. The number of oxazole rings is 1. The second-order valence-electron chi connectivity index (χ2n) is 6.46. The Hall–Kier alpha value is -4.19. The van der Waals surface area contributed by atoms with Gasteiger partial charge in [0.25, 0.3) is 5.91 Å². The molecule has 6 nitrogen and oxygen atoms in total. The largest absolute Gasteiger partial charge is 0.451 e. The number of hydrogen-bond acceptors (Lipinski definition) is 5. The van der Waals surface area contributed by atoms with E-state index in [2.05, 4.69) is 10.3 Å². The summed E-state index contributed by atoms with van der Waals surface area (Å²) in [5.74, 6) is -0.209. The van der Waals surface area contributed by atoms with Crippen LogP contribution in [0.2, 0.25) is 0 Å². The molecule has 0 radical (unpaired) electrons. The Bertz CT molecular complexity index is 1400. The smallest absolute Gasteiger partial charge is 0.291 e. The molecule has 0 bridgehead atoms. The summed E-state index contributed by atoms with van der Waals surface area (Å²) >= 11 is 0. The molecule has 2 aromatic heterocycles. The third-order valence-corrected chi connectivity index (χ3v) is 4.56. The standard InChI is InChI=1S/C23H14N2O4/c26-18-13-21(28-19-11-5-2-8-15(18)19)22(27)24-16-9-3-1-7-14(16)23-25-17-10-4-6-12-20(17)29-23/h1-13H,(H,24,27). The first kappa shape index (κ1) is 16.9. The number of rotatable bonds is 3. The topological polar surface area (TPSA) is 85.3 Å². The van der Waals surface area contributed by atoms with Crippen LogP contribution in [0.3, 0.4) is 0 Å². The van der Waals surface area contributed by atoms with Crippen molar-refractivity contribution >= 4 is 33.7 Å². The predicted molar refractivity (Wildman–Crippen MR) is 110 cm³/mol. The van der Waals surface area contributed by atoms with Crippen LogP contribution in [0.4, 0.5) is 5.69 Å². The Kier molecular flexibility index (Phi) is 3.95. The fraction of sp³-hybridized carbons (Fsp3) is 0. The highest BCUT2D eigenvalue weighted by molar-refractivity contribution is 6.05. The normalized spacial score (nSPS) is 11.0. The van der Waals surface area contributed by atoms with Gasteiger partial charge in [-0.2, -0.15) is 0 Å². The molecule has 5 rings (SSSR count). The summed E-state index contributed by atoms with van der Waals surface area (Å²) in [4.78, 5) is 29.5.